The van der Waals surface area contributed by atoms with Crippen molar-refractivity contribution in [2.75, 3.05) is 24.0 Å². The first kappa shape index (κ1) is 23.2. The lowest BCUT2D eigenvalue weighted by Crippen LogP contribution is -2.15. The van der Waals surface area contributed by atoms with Crippen LogP contribution in [0.4, 0.5) is 10.8 Å². The fraction of sp³-hybridized carbons (Fsp3) is 0.250. The van der Waals surface area contributed by atoms with E-state index < -0.39 is 0 Å². The zero-order valence-corrected chi connectivity index (χ0v) is 19.3. The average molecular weight is 482 g/mol. The summed E-state index contributed by atoms with van der Waals surface area (Å²) in [7, 11) is 0. The standard InChI is InChI=1S/C24H23N3O6S/c1-2-3-10-31-23(30)15-4-7-17(8-5-15)25-21(28)12-18-13-34-24(26-18)27-22(29)16-6-9-19-20(11-16)33-14-32-19/h4-9,11,13H,2-3,10,12,14H2,1H3,(H,25,28)(H,26,27,29). The van der Waals surface area contributed by atoms with Crippen LogP contribution in [0.2, 0.25) is 0 Å². The Morgan fingerprint density at radius 1 is 1.03 bits per heavy atom. The van der Waals surface area contributed by atoms with Crippen molar-refractivity contribution < 1.29 is 28.6 Å². The first-order valence-corrected chi connectivity index (χ1v) is 11.6. The van der Waals surface area contributed by atoms with Crippen molar-refractivity contribution in [1.29, 1.82) is 0 Å². The Bertz CT molecular complexity index is 1190. The van der Waals surface area contributed by atoms with Crippen LogP contribution in [0.3, 0.4) is 0 Å². The van der Waals surface area contributed by atoms with Crippen LogP contribution in [0.15, 0.2) is 47.8 Å². The van der Waals surface area contributed by atoms with Crippen LogP contribution >= 0.6 is 11.3 Å². The van der Waals surface area contributed by atoms with E-state index in [2.05, 4.69) is 15.6 Å². The number of nitrogens with one attached hydrogen (secondary N) is 2. The molecule has 2 aromatic carbocycles. The summed E-state index contributed by atoms with van der Waals surface area (Å²) in [4.78, 5) is 41.1. The summed E-state index contributed by atoms with van der Waals surface area (Å²) >= 11 is 1.23. The number of benzene rings is 2. The molecule has 2 heterocycles. The van der Waals surface area contributed by atoms with Gasteiger partial charge in [0, 0.05) is 16.6 Å². The SMILES string of the molecule is CCCCOC(=O)c1ccc(NC(=O)Cc2csc(NC(=O)c3ccc4c(c3)OCO4)n2)cc1. The van der Waals surface area contributed by atoms with Crippen LogP contribution in [0.1, 0.15) is 46.2 Å². The maximum atomic E-state index is 12.5. The van der Waals surface area contributed by atoms with E-state index in [-0.39, 0.29) is 31.0 Å². The molecule has 1 aromatic heterocycles. The van der Waals surface area contributed by atoms with Gasteiger partial charge in [-0.05, 0) is 48.9 Å². The third kappa shape index (κ3) is 5.90. The van der Waals surface area contributed by atoms with Crippen molar-refractivity contribution in [2.24, 2.45) is 0 Å². The van der Waals surface area contributed by atoms with Gasteiger partial charge in [0.05, 0.1) is 24.3 Å². The number of fused-ring (bicyclic) bond motifs is 1. The van der Waals surface area contributed by atoms with Gasteiger partial charge in [-0.2, -0.15) is 0 Å². The van der Waals surface area contributed by atoms with Crippen molar-refractivity contribution >= 4 is 39.9 Å². The predicted octanol–water partition coefficient (Wildman–Crippen LogP) is 4.26. The van der Waals surface area contributed by atoms with Gasteiger partial charge in [-0.25, -0.2) is 9.78 Å². The van der Waals surface area contributed by atoms with Crippen LogP contribution in [-0.4, -0.2) is 36.2 Å². The number of nitrogens with zero attached hydrogens (tertiary/aromatic N) is 1. The molecule has 0 aliphatic carbocycles. The van der Waals surface area contributed by atoms with Gasteiger partial charge in [-0.3, -0.25) is 14.9 Å². The molecule has 0 saturated carbocycles. The minimum Gasteiger partial charge on any atom is -0.462 e. The van der Waals surface area contributed by atoms with Crippen LogP contribution in [0.5, 0.6) is 11.5 Å². The smallest absolute Gasteiger partial charge is 0.338 e. The number of ether oxygens (including phenoxy) is 3. The summed E-state index contributed by atoms with van der Waals surface area (Å²) < 4.78 is 15.7. The van der Waals surface area contributed by atoms with Crippen molar-refractivity contribution in [2.45, 2.75) is 26.2 Å². The lowest BCUT2D eigenvalue weighted by atomic mass is 10.2. The molecule has 0 unspecified atom stereocenters. The Balaban J connectivity index is 1.28. The van der Waals surface area contributed by atoms with Gasteiger partial charge < -0.3 is 19.5 Å². The van der Waals surface area contributed by atoms with Crippen LogP contribution < -0.4 is 20.1 Å². The number of rotatable bonds is 9. The molecular weight excluding hydrogens is 458 g/mol. The number of hydrogen-bond acceptors (Lipinski definition) is 8. The number of unbranched alkanes of at least 4 members (excludes halogenated alkanes) is 1. The summed E-state index contributed by atoms with van der Waals surface area (Å²) in [6, 6.07) is 11.4. The van der Waals surface area contributed by atoms with E-state index in [4.69, 9.17) is 14.2 Å². The molecule has 34 heavy (non-hydrogen) atoms. The maximum Gasteiger partial charge on any atom is 0.338 e. The van der Waals surface area contributed by atoms with E-state index in [9.17, 15) is 14.4 Å². The molecule has 0 atom stereocenters. The lowest BCUT2D eigenvalue weighted by Gasteiger charge is -2.06. The fourth-order valence-electron chi connectivity index (χ4n) is 3.10. The summed E-state index contributed by atoms with van der Waals surface area (Å²) in [5.74, 6) is 0.129. The molecule has 0 saturated heterocycles. The number of esters is 1. The quantitative estimate of drug-likeness (QED) is 0.346. The molecule has 1 aliphatic heterocycles. The number of amides is 2. The van der Waals surface area contributed by atoms with Gasteiger partial charge in [0.2, 0.25) is 12.7 Å². The molecule has 4 rings (SSSR count). The second kappa shape index (κ2) is 10.8. The van der Waals surface area contributed by atoms with E-state index >= 15 is 0 Å². The number of hydrogen-bond donors (Lipinski definition) is 2. The van der Waals surface area contributed by atoms with Gasteiger partial charge in [-0.1, -0.05) is 13.3 Å². The highest BCUT2D eigenvalue weighted by atomic mass is 32.1. The van der Waals surface area contributed by atoms with Crippen LogP contribution in [0.25, 0.3) is 0 Å². The number of aromatic nitrogens is 1. The Kier molecular flexibility index (Phi) is 7.38. The zero-order valence-electron chi connectivity index (χ0n) is 18.5. The number of thiazole rings is 1. The first-order valence-electron chi connectivity index (χ1n) is 10.7. The van der Waals surface area contributed by atoms with Crippen molar-refractivity contribution in [3.63, 3.8) is 0 Å². The molecule has 10 heteroatoms. The Hall–Kier alpha value is -3.92. The topological polar surface area (TPSA) is 116 Å². The van der Waals surface area contributed by atoms with Gasteiger partial charge in [-0.15, -0.1) is 11.3 Å². The molecule has 9 nitrogen and oxygen atoms in total. The molecule has 3 aromatic rings. The van der Waals surface area contributed by atoms with Gasteiger partial charge in [0.15, 0.2) is 16.6 Å². The Labute approximate surface area is 200 Å². The van der Waals surface area contributed by atoms with Crippen LogP contribution in [-0.2, 0) is 16.0 Å². The highest BCUT2D eigenvalue weighted by molar-refractivity contribution is 7.14. The summed E-state index contributed by atoms with van der Waals surface area (Å²) in [5.41, 5.74) is 1.93. The van der Waals surface area contributed by atoms with E-state index in [0.717, 1.165) is 12.8 Å². The first-order chi connectivity index (χ1) is 16.5. The molecule has 0 spiro atoms. The molecule has 2 amide bonds. The van der Waals surface area contributed by atoms with Crippen molar-refractivity contribution in [3.05, 3.63) is 64.7 Å². The zero-order chi connectivity index (χ0) is 23.9. The lowest BCUT2D eigenvalue weighted by molar-refractivity contribution is -0.115. The van der Waals surface area contributed by atoms with Crippen LogP contribution in [0, 0.1) is 0 Å². The summed E-state index contributed by atoms with van der Waals surface area (Å²) in [6.45, 7) is 2.55. The third-order valence-corrected chi connectivity index (χ3v) is 5.69. The predicted molar refractivity (Wildman–Crippen MR) is 127 cm³/mol. The van der Waals surface area contributed by atoms with E-state index in [1.54, 1.807) is 47.8 Å². The second-order valence-corrected chi connectivity index (χ2v) is 8.32. The maximum absolute atomic E-state index is 12.5. The molecule has 0 fully saturated rings. The minimum atomic E-state index is -0.385. The van der Waals surface area contributed by atoms with Gasteiger partial charge in [0.25, 0.3) is 5.91 Å². The van der Waals surface area contributed by atoms with E-state index in [1.807, 2.05) is 6.92 Å². The largest absolute Gasteiger partial charge is 0.462 e. The summed E-state index contributed by atoms with van der Waals surface area (Å²) in [6.07, 6.45) is 1.81. The van der Waals surface area contributed by atoms with Gasteiger partial charge >= 0.3 is 5.97 Å². The molecule has 0 bridgehead atoms. The van der Waals surface area contributed by atoms with Crippen molar-refractivity contribution in [1.82, 2.24) is 4.98 Å². The monoisotopic (exact) mass is 481 g/mol. The average Bonchev–Trinajstić information content (AvgIpc) is 3.48. The minimum absolute atomic E-state index is 0.0389. The Morgan fingerprint density at radius 3 is 2.59 bits per heavy atom. The molecule has 176 valence electrons. The van der Waals surface area contributed by atoms with E-state index in [0.29, 0.717) is 45.7 Å². The highest BCUT2D eigenvalue weighted by Gasteiger charge is 2.17. The molecule has 2 N–H and O–H groups in total. The summed E-state index contributed by atoms with van der Waals surface area (Å²) in [5, 5.41) is 7.59. The van der Waals surface area contributed by atoms with Gasteiger partial charge in [0.1, 0.15) is 0 Å². The molecule has 0 radical (unpaired) electrons. The molecular formula is C24H23N3O6S. The highest BCUT2D eigenvalue weighted by Crippen LogP contribution is 2.32. The molecule has 1 aliphatic rings. The Morgan fingerprint density at radius 2 is 1.79 bits per heavy atom. The normalized spacial score (nSPS) is 11.7. The third-order valence-electron chi connectivity index (χ3n) is 4.88. The fourth-order valence-corrected chi connectivity index (χ4v) is 3.81. The van der Waals surface area contributed by atoms with E-state index in [1.165, 1.54) is 11.3 Å². The van der Waals surface area contributed by atoms with Crippen molar-refractivity contribution in [3.8, 4) is 11.5 Å². The number of carbonyl (C=O) groups is 3. The number of carbonyl (C=O) groups excluding carboxylic acids is 3. The number of anilines is 2. The second-order valence-electron chi connectivity index (χ2n) is 7.46.